The second-order valence-electron chi connectivity index (χ2n) is 6.81. The van der Waals surface area contributed by atoms with Crippen molar-refractivity contribution >= 4 is 39.6 Å². The predicted molar refractivity (Wildman–Crippen MR) is 124 cm³/mol. The highest BCUT2D eigenvalue weighted by Crippen LogP contribution is 2.36. The van der Waals surface area contributed by atoms with Crippen LogP contribution >= 0.6 is 33.9 Å². The Hall–Kier alpha value is -2.24. The minimum atomic E-state index is 0.516. The van der Waals surface area contributed by atoms with Gasteiger partial charge in [-0.25, -0.2) is 0 Å². The Balaban J connectivity index is 1.97. The number of halogens is 1. The Labute approximate surface area is 182 Å². The number of aromatic nitrogens is 3. The lowest BCUT2D eigenvalue weighted by Crippen LogP contribution is -2.07. The zero-order valence-corrected chi connectivity index (χ0v) is 19.1. The lowest BCUT2D eigenvalue weighted by Gasteiger charge is -2.09. The van der Waals surface area contributed by atoms with Gasteiger partial charge in [-0.15, -0.1) is 21.5 Å². The number of aryl methyl sites for hydroxylation is 2. The molecular formula is C22H19IN4S. The molecule has 0 saturated carbocycles. The summed E-state index contributed by atoms with van der Waals surface area (Å²) in [6.45, 7) is 8.76. The quantitative estimate of drug-likeness (QED) is 0.338. The van der Waals surface area contributed by atoms with Crippen LogP contribution in [-0.4, -0.2) is 20.5 Å². The number of hydrogen-bond acceptors (Lipinski definition) is 4. The molecule has 2 aromatic heterocycles. The van der Waals surface area contributed by atoms with Crippen molar-refractivity contribution in [1.29, 1.82) is 0 Å². The van der Waals surface area contributed by atoms with Gasteiger partial charge in [-0.2, -0.15) is 0 Å². The van der Waals surface area contributed by atoms with Crippen LogP contribution in [0.3, 0.4) is 0 Å². The Bertz CT molecular complexity index is 1180. The van der Waals surface area contributed by atoms with Gasteiger partial charge in [0.25, 0.3) is 0 Å². The summed E-state index contributed by atoms with van der Waals surface area (Å²) in [5.41, 5.74) is 6.71. The smallest absolute Gasteiger partial charge is 0.160 e. The fourth-order valence-corrected chi connectivity index (χ4v) is 4.57. The molecule has 1 aromatic carbocycles. The fraction of sp³-hybridized carbons (Fsp3) is 0.227. The van der Waals surface area contributed by atoms with Crippen molar-refractivity contribution in [1.82, 2.24) is 14.8 Å². The summed E-state index contributed by atoms with van der Waals surface area (Å²) in [6.07, 6.45) is 0. The average Bonchev–Trinajstić information content (AvgIpc) is 3.15. The number of allylic oxidation sites excluding steroid dienone is 1. The van der Waals surface area contributed by atoms with Crippen LogP contribution in [0.25, 0.3) is 5.00 Å². The summed E-state index contributed by atoms with van der Waals surface area (Å²) in [6, 6.07) is 8.54. The van der Waals surface area contributed by atoms with E-state index in [0.29, 0.717) is 6.54 Å². The van der Waals surface area contributed by atoms with Gasteiger partial charge >= 0.3 is 0 Å². The van der Waals surface area contributed by atoms with Crippen LogP contribution in [0.1, 0.15) is 45.7 Å². The van der Waals surface area contributed by atoms with E-state index in [-0.39, 0.29) is 0 Å². The van der Waals surface area contributed by atoms with E-state index < -0.39 is 0 Å². The standard InChI is InChI=1S/C22H19IN4S/c1-13-5-8-17(9-6-13)21-20-15(3)18(10-7-14(2)11-23)28-22(20)27-16(4)25-26-19(27)12-24-21/h5-6,8-9,11H,12H2,1-4H3/b14-11+. The van der Waals surface area contributed by atoms with Crippen molar-refractivity contribution in [3.8, 4) is 16.8 Å². The van der Waals surface area contributed by atoms with Gasteiger partial charge in [0.2, 0.25) is 0 Å². The molecule has 6 heteroatoms. The van der Waals surface area contributed by atoms with Gasteiger partial charge in [-0.3, -0.25) is 9.56 Å². The molecule has 1 aliphatic rings. The summed E-state index contributed by atoms with van der Waals surface area (Å²) >= 11 is 3.91. The van der Waals surface area contributed by atoms with Crippen molar-refractivity contribution in [2.45, 2.75) is 34.2 Å². The van der Waals surface area contributed by atoms with Crippen molar-refractivity contribution in [2.24, 2.45) is 4.99 Å². The average molecular weight is 498 g/mol. The van der Waals surface area contributed by atoms with Crippen molar-refractivity contribution in [2.75, 3.05) is 0 Å². The topological polar surface area (TPSA) is 43.1 Å². The molecule has 140 valence electrons. The fourth-order valence-electron chi connectivity index (χ4n) is 3.19. The molecule has 0 bridgehead atoms. The van der Waals surface area contributed by atoms with Gasteiger partial charge in [-0.1, -0.05) is 64.3 Å². The Morgan fingerprint density at radius 1 is 1.18 bits per heavy atom. The summed E-state index contributed by atoms with van der Waals surface area (Å²) in [5, 5.41) is 9.73. The first kappa shape index (κ1) is 19.1. The minimum absolute atomic E-state index is 0.516. The third-order valence-electron chi connectivity index (χ3n) is 4.70. The van der Waals surface area contributed by atoms with Gasteiger partial charge in [0, 0.05) is 16.7 Å². The zero-order chi connectivity index (χ0) is 19.8. The zero-order valence-electron chi connectivity index (χ0n) is 16.2. The highest BCUT2D eigenvalue weighted by molar-refractivity contribution is 14.1. The highest BCUT2D eigenvalue weighted by atomic mass is 127. The van der Waals surface area contributed by atoms with Crippen LogP contribution in [0.5, 0.6) is 0 Å². The molecule has 0 aliphatic carbocycles. The Morgan fingerprint density at radius 2 is 1.93 bits per heavy atom. The number of nitrogens with zero attached hydrogens (tertiary/aromatic N) is 4. The molecule has 3 aromatic rings. The number of fused-ring (bicyclic) bond motifs is 3. The van der Waals surface area contributed by atoms with Crippen LogP contribution in [0, 0.1) is 32.6 Å². The van der Waals surface area contributed by atoms with Crippen LogP contribution in [0.4, 0.5) is 0 Å². The molecule has 0 N–H and O–H groups in total. The van der Waals surface area contributed by atoms with E-state index in [1.54, 1.807) is 11.3 Å². The molecule has 0 fully saturated rings. The third kappa shape index (κ3) is 3.33. The summed E-state index contributed by atoms with van der Waals surface area (Å²) in [4.78, 5) is 6.00. The lowest BCUT2D eigenvalue weighted by molar-refractivity contribution is 0.869. The van der Waals surface area contributed by atoms with E-state index in [0.717, 1.165) is 49.5 Å². The molecule has 28 heavy (non-hydrogen) atoms. The molecule has 0 unspecified atom stereocenters. The normalized spacial score (nSPS) is 13.2. The van der Waals surface area contributed by atoms with Crippen LogP contribution in [0.15, 0.2) is 38.9 Å². The van der Waals surface area contributed by atoms with Gasteiger partial charge in [0.1, 0.15) is 17.4 Å². The molecule has 1 aliphatic heterocycles. The molecule has 3 heterocycles. The first-order chi connectivity index (χ1) is 13.5. The van der Waals surface area contributed by atoms with E-state index in [4.69, 9.17) is 4.99 Å². The van der Waals surface area contributed by atoms with Crippen LogP contribution in [-0.2, 0) is 6.54 Å². The van der Waals surface area contributed by atoms with Gasteiger partial charge in [0.15, 0.2) is 5.82 Å². The second-order valence-corrected chi connectivity index (χ2v) is 8.43. The first-order valence-corrected chi connectivity index (χ1v) is 11.0. The largest absolute Gasteiger partial charge is 0.276 e. The monoisotopic (exact) mass is 498 g/mol. The molecule has 0 spiro atoms. The molecule has 0 amide bonds. The summed E-state index contributed by atoms with van der Waals surface area (Å²) in [7, 11) is 0. The van der Waals surface area contributed by atoms with Gasteiger partial charge in [0.05, 0.1) is 10.6 Å². The SMILES string of the molecule is C/C(C#Cc1sc2c(c1C)C(c1ccc(C)cc1)=NCc1nnc(C)n1-2)=C\I. The molecular weight excluding hydrogens is 479 g/mol. The van der Waals surface area contributed by atoms with Crippen molar-refractivity contribution < 1.29 is 0 Å². The first-order valence-electron chi connectivity index (χ1n) is 8.95. The molecule has 0 saturated heterocycles. The maximum atomic E-state index is 4.94. The van der Waals surface area contributed by atoms with E-state index in [1.807, 2.05) is 17.9 Å². The minimum Gasteiger partial charge on any atom is -0.276 e. The van der Waals surface area contributed by atoms with Gasteiger partial charge in [-0.05, 0) is 37.3 Å². The summed E-state index contributed by atoms with van der Waals surface area (Å²) < 4.78 is 4.13. The van der Waals surface area contributed by atoms with E-state index in [9.17, 15) is 0 Å². The lowest BCUT2D eigenvalue weighted by atomic mass is 9.99. The number of rotatable bonds is 1. The Morgan fingerprint density at radius 3 is 2.64 bits per heavy atom. The molecule has 0 atom stereocenters. The molecule has 4 nitrogen and oxygen atoms in total. The molecule has 4 rings (SSSR count). The number of aliphatic imine (C=N–C) groups is 1. The van der Waals surface area contributed by atoms with E-state index >= 15 is 0 Å². The maximum Gasteiger partial charge on any atom is 0.160 e. The third-order valence-corrected chi connectivity index (χ3v) is 6.83. The van der Waals surface area contributed by atoms with Crippen molar-refractivity contribution in [3.05, 3.63) is 72.7 Å². The Kier molecular flexibility index (Phi) is 5.21. The van der Waals surface area contributed by atoms with Gasteiger partial charge < -0.3 is 0 Å². The van der Waals surface area contributed by atoms with E-state index in [1.165, 1.54) is 5.56 Å². The maximum absolute atomic E-state index is 4.94. The molecule has 0 radical (unpaired) electrons. The number of hydrogen-bond donors (Lipinski definition) is 0. The number of benzene rings is 1. The van der Waals surface area contributed by atoms with Crippen LogP contribution in [0.2, 0.25) is 0 Å². The second kappa shape index (κ2) is 7.64. The number of thiophene rings is 1. The van der Waals surface area contributed by atoms with Crippen LogP contribution < -0.4 is 0 Å². The summed E-state index contributed by atoms with van der Waals surface area (Å²) in [5.74, 6) is 8.33. The van der Waals surface area contributed by atoms with E-state index in [2.05, 4.69) is 87.3 Å². The van der Waals surface area contributed by atoms with Crippen molar-refractivity contribution in [3.63, 3.8) is 0 Å². The highest BCUT2D eigenvalue weighted by Gasteiger charge is 2.27. The predicted octanol–water partition coefficient (Wildman–Crippen LogP) is 5.30.